The molecule has 1 heterocycles. The van der Waals surface area contributed by atoms with E-state index in [0.717, 1.165) is 11.8 Å². The fourth-order valence-corrected chi connectivity index (χ4v) is 2.62. The summed E-state index contributed by atoms with van der Waals surface area (Å²) in [5.74, 6) is 2.11. The normalized spacial score (nSPS) is 27.5. The Morgan fingerprint density at radius 3 is 2.15 bits per heavy atom. The molecule has 2 aliphatic rings. The molecule has 0 bridgehead atoms. The van der Waals surface area contributed by atoms with E-state index in [-0.39, 0.29) is 0 Å². The molecule has 0 aromatic rings. The van der Waals surface area contributed by atoms with Gasteiger partial charge in [-0.2, -0.15) is 0 Å². The van der Waals surface area contributed by atoms with E-state index in [0.29, 0.717) is 0 Å². The van der Waals surface area contributed by atoms with Gasteiger partial charge in [0, 0.05) is 6.54 Å². The number of nitrogens with zero attached hydrogens (tertiary/aromatic N) is 1. The molecule has 1 heteroatoms. The van der Waals surface area contributed by atoms with Crippen molar-refractivity contribution in [3.8, 4) is 0 Å². The first-order chi connectivity index (χ1) is 6.38. The van der Waals surface area contributed by atoms with Crippen molar-refractivity contribution in [3.63, 3.8) is 0 Å². The number of likely N-dealkylation sites (tertiary alicyclic amines) is 1. The second kappa shape index (κ2) is 4.45. The van der Waals surface area contributed by atoms with Crippen LogP contribution in [0.25, 0.3) is 0 Å². The Morgan fingerprint density at radius 1 is 1.00 bits per heavy atom. The van der Waals surface area contributed by atoms with E-state index in [1.54, 1.807) is 0 Å². The molecule has 1 saturated heterocycles. The molecule has 2 fully saturated rings. The molecule has 1 aliphatic carbocycles. The van der Waals surface area contributed by atoms with Gasteiger partial charge in [0.1, 0.15) is 0 Å². The predicted molar refractivity (Wildman–Crippen MR) is 56.8 cm³/mol. The maximum Gasteiger partial charge on any atom is 0.000966 e. The van der Waals surface area contributed by atoms with Gasteiger partial charge in [-0.15, -0.1) is 0 Å². The zero-order valence-electron chi connectivity index (χ0n) is 8.97. The van der Waals surface area contributed by atoms with E-state index >= 15 is 0 Å². The standard InChI is InChI=1S/C12H23N/c1-2-11-6-8-13(9-7-11)10-12-4-3-5-12/h11-12H,2-10H2,1H3. The van der Waals surface area contributed by atoms with Crippen molar-refractivity contribution >= 4 is 0 Å². The molecule has 76 valence electrons. The van der Waals surface area contributed by atoms with E-state index in [9.17, 15) is 0 Å². The van der Waals surface area contributed by atoms with Crippen molar-refractivity contribution in [2.24, 2.45) is 11.8 Å². The molecule has 2 rings (SSSR count). The third-order valence-electron chi connectivity index (χ3n) is 4.03. The molecule has 1 nitrogen and oxygen atoms in total. The Balaban J connectivity index is 1.65. The second-order valence-electron chi connectivity index (χ2n) is 4.95. The molecular formula is C12H23N. The molecule has 0 aromatic heterocycles. The summed E-state index contributed by atoms with van der Waals surface area (Å²) >= 11 is 0. The summed E-state index contributed by atoms with van der Waals surface area (Å²) in [6, 6.07) is 0. The van der Waals surface area contributed by atoms with Crippen LogP contribution < -0.4 is 0 Å². The summed E-state index contributed by atoms with van der Waals surface area (Å²) in [7, 11) is 0. The molecule has 0 aromatic carbocycles. The molecule has 0 atom stereocenters. The minimum Gasteiger partial charge on any atom is -0.303 e. The Hall–Kier alpha value is -0.0400. The smallest absolute Gasteiger partial charge is 0.000966 e. The van der Waals surface area contributed by atoms with E-state index < -0.39 is 0 Å². The number of hydrogen-bond donors (Lipinski definition) is 0. The molecule has 0 amide bonds. The summed E-state index contributed by atoms with van der Waals surface area (Å²) in [5.41, 5.74) is 0. The van der Waals surface area contributed by atoms with E-state index in [1.165, 1.54) is 58.2 Å². The van der Waals surface area contributed by atoms with Crippen LogP contribution in [0.4, 0.5) is 0 Å². The molecule has 0 radical (unpaired) electrons. The number of piperidine rings is 1. The van der Waals surface area contributed by atoms with Crippen LogP contribution in [0, 0.1) is 11.8 Å². The maximum absolute atomic E-state index is 2.70. The van der Waals surface area contributed by atoms with Crippen molar-refractivity contribution in [3.05, 3.63) is 0 Å². The SMILES string of the molecule is CCC1CCN(CC2CCC2)CC1. The fraction of sp³-hybridized carbons (Fsp3) is 1.00. The van der Waals surface area contributed by atoms with Crippen LogP contribution in [0.5, 0.6) is 0 Å². The number of hydrogen-bond acceptors (Lipinski definition) is 1. The highest BCUT2D eigenvalue weighted by atomic mass is 15.1. The monoisotopic (exact) mass is 181 g/mol. The van der Waals surface area contributed by atoms with Crippen LogP contribution >= 0.6 is 0 Å². The Bertz CT molecular complexity index is 143. The van der Waals surface area contributed by atoms with Gasteiger partial charge in [-0.25, -0.2) is 0 Å². The van der Waals surface area contributed by atoms with E-state index in [4.69, 9.17) is 0 Å². The summed E-state index contributed by atoms with van der Waals surface area (Å²) in [4.78, 5) is 2.70. The molecular weight excluding hydrogens is 158 g/mol. The molecule has 0 spiro atoms. The van der Waals surface area contributed by atoms with Gasteiger partial charge in [-0.1, -0.05) is 19.8 Å². The zero-order chi connectivity index (χ0) is 9.10. The van der Waals surface area contributed by atoms with Gasteiger partial charge in [-0.05, 0) is 50.6 Å². The second-order valence-corrected chi connectivity index (χ2v) is 4.95. The van der Waals surface area contributed by atoms with Gasteiger partial charge in [0.25, 0.3) is 0 Å². The molecule has 1 saturated carbocycles. The highest BCUT2D eigenvalue weighted by Crippen LogP contribution is 2.29. The van der Waals surface area contributed by atoms with Crippen molar-refractivity contribution in [2.45, 2.75) is 45.4 Å². The predicted octanol–water partition coefficient (Wildman–Crippen LogP) is 2.91. The van der Waals surface area contributed by atoms with Crippen LogP contribution in [0.2, 0.25) is 0 Å². The first kappa shape index (κ1) is 9.51. The topological polar surface area (TPSA) is 3.24 Å². The Kier molecular flexibility index (Phi) is 3.26. The molecule has 0 unspecified atom stereocenters. The van der Waals surface area contributed by atoms with Crippen molar-refractivity contribution in [2.75, 3.05) is 19.6 Å². The van der Waals surface area contributed by atoms with Gasteiger partial charge >= 0.3 is 0 Å². The Labute approximate surface area is 82.5 Å². The van der Waals surface area contributed by atoms with Gasteiger partial charge in [0.2, 0.25) is 0 Å². The summed E-state index contributed by atoms with van der Waals surface area (Å²) < 4.78 is 0. The van der Waals surface area contributed by atoms with Crippen LogP contribution in [0.15, 0.2) is 0 Å². The van der Waals surface area contributed by atoms with Crippen LogP contribution in [-0.2, 0) is 0 Å². The van der Waals surface area contributed by atoms with Crippen LogP contribution in [-0.4, -0.2) is 24.5 Å². The fourth-order valence-electron chi connectivity index (χ4n) is 2.62. The van der Waals surface area contributed by atoms with Crippen molar-refractivity contribution in [1.29, 1.82) is 0 Å². The lowest BCUT2D eigenvalue weighted by atomic mass is 9.84. The average Bonchev–Trinajstić information content (AvgIpc) is 2.12. The Morgan fingerprint density at radius 2 is 1.69 bits per heavy atom. The molecule has 0 N–H and O–H groups in total. The maximum atomic E-state index is 2.70. The largest absolute Gasteiger partial charge is 0.303 e. The first-order valence-corrected chi connectivity index (χ1v) is 6.11. The highest BCUT2D eigenvalue weighted by molar-refractivity contribution is 4.77. The summed E-state index contributed by atoms with van der Waals surface area (Å²) in [6.45, 7) is 6.52. The minimum absolute atomic E-state index is 1.04. The van der Waals surface area contributed by atoms with Crippen LogP contribution in [0.1, 0.15) is 45.4 Å². The summed E-state index contributed by atoms with van der Waals surface area (Å²) in [6.07, 6.45) is 8.83. The number of rotatable bonds is 3. The lowest BCUT2D eigenvalue weighted by molar-refractivity contribution is 0.130. The van der Waals surface area contributed by atoms with Crippen LogP contribution in [0.3, 0.4) is 0 Å². The quantitative estimate of drug-likeness (QED) is 0.647. The van der Waals surface area contributed by atoms with E-state index in [1.807, 2.05) is 0 Å². The zero-order valence-corrected chi connectivity index (χ0v) is 8.97. The average molecular weight is 181 g/mol. The van der Waals surface area contributed by atoms with Crippen molar-refractivity contribution < 1.29 is 0 Å². The lowest BCUT2D eigenvalue weighted by Gasteiger charge is -2.36. The van der Waals surface area contributed by atoms with Gasteiger partial charge < -0.3 is 4.90 Å². The first-order valence-electron chi connectivity index (χ1n) is 6.11. The van der Waals surface area contributed by atoms with E-state index in [2.05, 4.69) is 11.8 Å². The van der Waals surface area contributed by atoms with Gasteiger partial charge in [-0.3, -0.25) is 0 Å². The lowest BCUT2D eigenvalue weighted by Crippen LogP contribution is -2.38. The third-order valence-corrected chi connectivity index (χ3v) is 4.03. The molecule has 13 heavy (non-hydrogen) atoms. The minimum atomic E-state index is 1.04. The van der Waals surface area contributed by atoms with Gasteiger partial charge in [0.05, 0.1) is 0 Å². The molecule has 1 aliphatic heterocycles. The summed E-state index contributed by atoms with van der Waals surface area (Å²) in [5, 5.41) is 0. The van der Waals surface area contributed by atoms with Gasteiger partial charge in [0.15, 0.2) is 0 Å². The van der Waals surface area contributed by atoms with Crippen molar-refractivity contribution in [1.82, 2.24) is 4.90 Å². The highest BCUT2D eigenvalue weighted by Gasteiger charge is 2.23. The third kappa shape index (κ3) is 2.46.